The van der Waals surface area contributed by atoms with Crippen molar-refractivity contribution < 1.29 is 9.53 Å². The van der Waals surface area contributed by atoms with E-state index in [2.05, 4.69) is 15.4 Å². The molecule has 0 aliphatic carbocycles. The lowest BCUT2D eigenvalue weighted by Gasteiger charge is -2.16. The Hall–Kier alpha value is -1.92. The molecule has 7 heteroatoms. The molecule has 2 rings (SSSR count). The third kappa shape index (κ3) is 3.34. The van der Waals surface area contributed by atoms with E-state index in [1.165, 1.54) is 4.68 Å². The van der Waals surface area contributed by atoms with Crippen molar-refractivity contribution in [1.29, 1.82) is 0 Å². The zero-order chi connectivity index (χ0) is 14.5. The van der Waals surface area contributed by atoms with Crippen molar-refractivity contribution in [2.45, 2.75) is 6.04 Å². The van der Waals surface area contributed by atoms with Crippen LogP contribution in [0.5, 0.6) is 0 Å². The lowest BCUT2D eigenvalue weighted by atomic mass is 10.2. The van der Waals surface area contributed by atoms with Crippen LogP contribution < -0.4 is 5.32 Å². The summed E-state index contributed by atoms with van der Waals surface area (Å²) in [4.78, 5) is 16.4. The van der Waals surface area contributed by atoms with Gasteiger partial charge in [0.15, 0.2) is 5.69 Å². The molecular formula is C13H15ClN4O2. The minimum Gasteiger partial charge on any atom is -0.382 e. The highest BCUT2D eigenvalue weighted by atomic mass is 35.5. The molecule has 0 aromatic carbocycles. The van der Waals surface area contributed by atoms with E-state index in [9.17, 15) is 4.79 Å². The normalized spacial score (nSPS) is 12.2. The number of hydrogen-bond donors (Lipinski definition) is 1. The van der Waals surface area contributed by atoms with Crippen LogP contribution in [0.4, 0.5) is 0 Å². The van der Waals surface area contributed by atoms with Gasteiger partial charge in [-0.15, -0.1) is 0 Å². The van der Waals surface area contributed by atoms with Gasteiger partial charge in [0.1, 0.15) is 0 Å². The first-order valence-electron chi connectivity index (χ1n) is 6.01. The molecule has 0 unspecified atom stereocenters. The Kier molecular flexibility index (Phi) is 4.70. The summed E-state index contributed by atoms with van der Waals surface area (Å²) in [6, 6.07) is 5.13. The standard InChI is InChI=1S/C13H15ClN4O2/c1-18-7-9(14)12(17-18)13(19)16-11(8-20-2)10-5-3-4-6-15-10/h3-7,11H,8H2,1-2H3,(H,16,19)/t11-/m0/s1. The summed E-state index contributed by atoms with van der Waals surface area (Å²) in [6.07, 6.45) is 3.24. The van der Waals surface area contributed by atoms with Crippen molar-refractivity contribution in [2.24, 2.45) is 7.05 Å². The average Bonchev–Trinajstić information content (AvgIpc) is 2.78. The molecule has 6 nitrogen and oxygen atoms in total. The van der Waals surface area contributed by atoms with Crippen molar-refractivity contribution in [1.82, 2.24) is 20.1 Å². The number of pyridine rings is 1. The van der Waals surface area contributed by atoms with Crippen molar-refractivity contribution in [3.05, 3.63) is 47.0 Å². The third-order valence-corrected chi connectivity index (χ3v) is 2.96. The first-order valence-corrected chi connectivity index (χ1v) is 6.39. The summed E-state index contributed by atoms with van der Waals surface area (Å²) in [7, 11) is 3.27. The minimum absolute atomic E-state index is 0.186. The molecule has 0 saturated carbocycles. The molecule has 0 saturated heterocycles. The second-order valence-electron chi connectivity index (χ2n) is 4.24. The topological polar surface area (TPSA) is 69.0 Å². The van der Waals surface area contributed by atoms with Crippen LogP contribution in [-0.4, -0.2) is 34.4 Å². The minimum atomic E-state index is -0.358. The van der Waals surface area contributed by atoms with Gasteiger partial charge in [-0.2, -0.15) is 5.10 Å². The maximum Gasteiger partial charge on any atom is 0.273 e. The van der Waals surface area contributed by atoms with Gasteiger partial charge < -0.3 is 10.1 Å². The first-order chi connectivity index (χ1) is 9.61. The lowest BCUT2D eigenvalue weighted by Crippen LogP contribution is -2.32. The van der Waals surface area contributed by atoms with E-state index in [1.807, 2.05) is 18.2 Å². The molecule has 0 aliphatic heterocycles. The number of aryl methyl sites for hydroxylation is 1. The predicted octanol–water partition coefficient (Wildman–Crippen LogP) is 1.59. The van der Waals surface area contributed by atoms with E-state index in [0.29, 0.717) is 11.6 Å². The molecule has 106 valence electrons. The molecule has 0 aliphatic rings. The number of methoxy groups -OCH3 is 1. The summed E-state index contributed by atoms with van der Waals surface area (Å²) in [5.74, 6) is -0.358. The largest absolute Gasteiger partial charge is 0.382 e. The fraction of sp³-hybridized carbons (Fsp3) is 0.308. The maximum absolute atomic E-state index is 12.2. The highest BCUT2D eigenvalue weighted by molar-refractivity contribution is 6.33. The van der Waals surface area contributed by atoms with Crippen molar-refractivity contribution >= 4 is 17.5 Å². The highest BCUT2D eigenvalue weighted by Gasteiger charge is 2.20. The Morgan fingerprint density at radius 2 is 2.35 bits per heavy atom. The second kappa shape index (κ2) is 6.49. The van der Waals surface area contributed by atoms with Crippen LogP contribution in [-0.2, 0) is 11.8 Å². The van der Waals surface area contributed by atoms with E-state index >= 15 is 0 Å². The summed E-state index contributed by atoms with van der Waals surface area (Å²) in [5.41, 5.74) is 0.904. The smallest absolute Gasteiger partial charge is 0.273 e. The Morgan fingerprint density at radius 1 is 1.55 bits per heavy atom. The Balaban J connectivity index is 2.16. The fourth-order valence-corrected chi connectivity index (χ4v) is 2.05. The Morgan fingerprint density at radius 3 is 2.90 bits per heavy atom. The quantitative estimate of drug-likeness (QED) is 0.909. The molecule has 20 heavy (non-hydrogen) atoms. The molecule has 0 bridgehead atoms. The molecule has 1 N–H and O–H groups in total. The average molecular weight is 295 g/mol. The van der Waals surface area contributed by atoms with Gasteiger partial charge in [0.2, 0.25) is 0 Å². The number of amides is 1. The molecule has 0 fully saturated rings. The van der Waals surface area contributed by atoms with Crippen LogP contribution in [0.25, 0.3) is 0 Å². The van der Waals surface area contributed by atoms with Gasteiger partial charge in [0.25, 0.3) is 5.91 Å². The van der Waals surface area contributed by atoms with E-state index in [1.54, 1.807) is 26.6 Å². The number of ether oxygens (including phenoxy) is 1. The number of carbonyl (C=O) groups excluding carboxylic acids is 1. The molecule has 2 aromatic rings. The Bertz CT molecular complexity index is 585. The molecule has 2 aromatic heterocycles. The van der Waals surface area contributed by atoms with Gasteiger partial charge in [0, 0.05) is 26.6 Å². The van der Waals surface area contributed by atoms with E-state index in [0.717, 1.165) is 5.69 Å². The van der Waals surface area contributed by atoms with Crippen LogP contribution in [0.1, 0.15) is 22.2 Å². The zero-order valence-electron chi connectivity index (χ0n) is 11.2. The van der Waals surface area contributed by atoms with Gasteiger partial charge in [0.05, 0.1) is 23.4 Å². The van der Waals surface area contributed by atoms with Gasteiger partial charge >= 0.3 is 0 Å². The van der Waals surface area contributed by atoms with E-state index in [-0.39, 0.29) is 17.6 Å². The van der Waals surface area contributed by atoms with Crippen molar-refractivity contribution in [2.75, 3.05) is 13.7 Å². The van der Waals surface area contributed by atoms with Crippen LogP contribution in [0.3, 0.4) is 0 Å². The number of carbonyl (C=O) groups is 1. The number of halogens is 1. The van der Waals surface area contributed by atoms with E-state index in [4.69, 9.17) is 16.3 Å². The summed E-state index contributed by atoms with van der Waals surface area (Å²) >= 11 is 5.96. The zero-order valence-corrected chi connectivity index (χ0v) is 12.0. The first kappa shape index (κ1) is 14.5. The molecule has 1 atom stereocenters. The van der Waals surface area contributed by atoms with Gasteiger partial charge in [-0.05, 0) is 12.1 Å². The number of nitrogens with one attached hydrogen (secondary N) is 1. The number of rotatable bonds is 5. The van der Waals surface area contributed by atoms with Crippen molar-refractivity contribution in [3.8, 4) is 0 Å². The highest BCUT2D eigenvalue weighted by Crippen LogP contribution is 2.16. The van der Waals surface area contributed by atoms with Crippen LogP contribution in [0.2, 0.25) is 5.02 Å². The summed E-state index contributed by atoms with van der Waals surface area (Å²) < 4.78 is 6.61. The second-order valence-corrected chi connectivity index (χ2v) is 4.64. The van der Waals surface area contributed by atoms with E-state index < -0.39 is 0 Å². The van der Waals surface area contributed by atoms with Gasteiger partial charge in [-0.1, -0.05) is 17.7 Å². The van der Waals surface area contributed by atoms with Crippen molar-refractivity contribution in [3.63, 3.8) is 0 Å². The monoisotopic (exact) mass is 294 g/mol. The van der Waals surface area contributed by atoms with Gasteiger partial charge in [-0.25, -0.2) is 0 Å². The predicted molar refractivity (Wildman–Crippen MR) is 74.5 cm³/mol. The number of aromatic nitrogens is 3. The molecule has 0 spiro atoms. The SMILES string of the molecule is COC[C@H](NC(=O)c1nn(C)cc1Cl)c1ccccn1. The van der Waals surface area contributed by atoms with Crippen LogP contribution in [0, 0.1) is 0 Å². The summed E-state index contributed by atoms with van der Waals surface area (Å²) in [6.45, 7) is 0.313. The fourth-order valence-electron chi connectivity index (χ4n) is 1.79. The van der Waals surface area contributed by atoms with Gasteiger partial charge in [-0.3, -0.25) is 14.5 Å². The van der Waals surface area contributed by atoms with Crippen LogP contribution in [0.15, 0.2) is 30.6 Å². The molecule has 1 amide bonds. The number of nitrogens with zero attached hydrogens (tertiary/aromatic N) is 3. The molecular weight excluding hydrogens is 280 g/mol. The number of hydrogen-bond acceptors (Lipinski definition) is 4. The lowest BCUT2D eigenvalue weighted by molar-refractivity contribution is 0.0889. The maximum atomic E-state index is 12.2. The van der Waals surface area contributed by atoms with Crippen LogP contribution >= 0.6 is 11.6 Å². The third-order valence-electron chi connectivity index (χ3n) is 2.68. The Labute approximate surface area is 121 Å². The molecule has 2 heterocycles. The summed E-state index contributed by atoms with van der Waals surface area (Å²) in [5, 5.41) is 7.15. The molecule has 0 radical (unpaired) electrons.